The lowest BCUT2D eigenvalue weighted by Crippen LogP contribution is -2.30. The molecule has 1 heterocycles. The average molecular weight is 214 g/mol. The molecule has 2 rings (SSSR count). The van der Waals surface area contributed by atoms with E-state index >= 15 is 0 Å². The number of ether oxygens (including phenoxy) is 2. The Morgan fingerprint density at radius 2 is 1.67 bits per heavy atom. The summed E-state index contributed by atoms with van der Waals surface area (Å²) in [6.45, 7) is 4.53. The van der Waals surface area contributed by atoms with E-state index in [4.69, 9.17) is 14.6 Å². The summed E-state index contributed by atoms with van der Waals surface area (Å²) in [7, 11) is 0. The van der Waals surface area contributed by atoms with Crippen molar-refractivity contribution in [3.63, 3.8) is 0 Å². The molecular weight excluding hydrogens is 192 g/mol. The molecule has 0 aromatic carbocycles. The summed E-state index contributed by atoms with van der Waals surface area (Å²) in [6, 6.07) is 0. The molecule has 1 aliphatic carbocycles. The van der Waals surface area contributed by atoms with Gasteiger partial charge < -0.3 is 14.6 Å². The summed E-state index contributed by atoms with van der Waals surface area (Å²) in [5.41, 5.74) is 0. The fourth-order valence-corrected chi connectivity index (χ4v) is 2.89. The minimum absolute atomic E-state index is 0.279. The molecule has 0 amide bonds. The predicted octanol–water partition coefficient (Wildman–Crippen LogP) is 2.08. The second-order valence-corrected chi connectivity index (χ2v) is 4.78. The maximum atomic E-state index is 8.90. The molecule has 3 atom stereocenters. The van der Waals surface area contributed by atoms with Gasteiger partial charge >= 0.3 is 0 Å². The second-order valence-electron chi connectivity index (χ2n) is 4.78. The molecule has 0 aromatic rings. The molecule has 1 unspecified atom stereocenters. The van der Waals surface area contributed by atoms with Crippen LogP contribution in [0.2, 0.25) is 0 Å². The molecule has 1 aliphatic heterocycles. The van der Waals surface area contributed by atoms with E-state index in [9.17, 15) is 0 Å². The molecule has 15 heavy (non-hydrogen) atoms. The van der Waals surface area contributed by atoms with Gasteiger partial charge in [0.1, 0.15) is 0 Å². The van der Waals surface area contributed by atoms with Crippen molar-refractivity contribution in [2.75, 3.05) is 6.61 Å². The minimum atomic E-state index is -0.306. The van der Waals surface area contributed by atoms with E-state index in [2.05, 4.69) is 13.8 Å². The van der Waals surface area contributed by atoms with Gasteiger partial charge in [-0.05, 0) is 38.0 Å². The molecule has 3 nitrogen and oxygen atoms in total. The highest BCUT2D eigenvalue weighted by Gasteiger charge is 2.49. The van der Waals surface area contributed by atoms with E-state index in [1.54, 1.807) is 0 Å². The molecule has 0 aromatic heterocycles. The molecule has 0 radical (unpaired) electrons. The van der Waals surface area contributed by atoms with E-state index in [1.807, 2.05) is 0 Å². The molecule has 88 valence electrons. The van der Waals surface area contributed by atoms with Gasteiger partial charge in [-0.2, -0.15) is 0 Å². The number of aliphatic hydroxyl groups is 1. The van der Waals surface area contributed by atoms with Crippen LogP contribution in [0.15, 0.2) is 0 Å². The van der Waals surface area contributed by atoms with Gasteiger partial charge in [0, 0.05) is 6.61 Å². The van der Waals surface area contributed by atoms with E-state index in [0.717, 1.165) is 32.1 Å². The van der Waals surface area contributed by atoms with Crippen molar-refractivity contribution in [3.8, 4) is 0 Å². The van der Waals surface area contributed by atoms with Gasteiger partial charge in [0.05, 0.1) is 12.2 Å². The number of aliphatic hydroxyl groups excluding tert-OH is 1. The van der Waals surface area contributed by atoms with Crippen molar-refractivity contribution >= 4 is 0 Å². The Bertz CT molecular complexity index is 197. The molecule has 0 bridgehead atoms. The van der Waals surface area contributed by atoms with Gasteiger partial charge in [-0.1, -0.05) is 13.8 Å². The Kier molecular flexibility index (Phi) is 3.33. The van der Waals surface area contributed by atoms with Crippen molar-refractivity contribution in [1.29, 1.82) is 0 Å². The largest absolute Gasteiger partial charge is 0.396 e. The smallest absolute Gasteiger partial charge is 0.168 e. The van der Waals surface area contributed by atoms with Crippen molar-refractivity contribution in [3.05, 3.63) is 0 Å². The fraction of sp³-hybridized carbons (Fsp3) is 1.00. The van der Waals surface area contributed by atoms with Crippen molar-refractivity contribution in [1.82, 2.24) is 0 Å². The lowest BCUT2D eigenvalue weighted by molar-refractivity contribution is -0.185. The first kappa shape index (κ1) is 11.4. The molecule has 3 heteroatoms. The maximum absolute atomic E-state index is 8.90. The van der Waals surface area contributed by atoms with Crippen LogP contribution in [0.1, 0.15) is 46.0 Å². The number of hydrogen-bond acceptors (Lipinski definition) is 3. The summed E-state index contributed by atoms with van der Waals surface area (Å²) in [5, 5.41) is 8.90. The Morgan fingerprint density at radius 3 is 2.07 bits per heavy atom. The van der Waals surface area contributed by atoms with Gasteiger partial charge in [0.2, 0.25) is 0 Å². The van der Waals surface area contributed by atoms with E-state index in [1.165, 1.54) is 0 Å². The fourth-order valence-electron chi connectivity index (χ4n) is 2.89. The van der Waals surface area contributed by atoms with Gasteiger partial charge in [-0.15, -0.1) is 0 Å². The van der Waals surface area contributed by atoms with Crippen LogP contribution in [0.5, 0.6) is 0 Å². The van der Waals surface area contributed by atoms with Crippen LogP contribution in [0.25, 0.3) is 0 Å². The zero-order chi connectivity index (χ0) is 10.9. The van der Waals surface area contributed by atoms with Crippen molar-refractivity contribution in [2.24, 2.45) is 5.92 Å². The molecular formula is C12H22O3. The lowest BCUT2D eigenvalue weighted by Gasteiger charge is -2.27. The third-order valence-electron chi connectivity index (χ3n) is 3.89. The van der Waals surface area contributed by atoms with Crippen molar-refractivity contribution in [2.45, 2.75) is 63.9 Å². The van der Waals surface area contributed by atoms with Gasteiger partial charge in [-0.25, -0.2) is 0 Å². The Balaban J connectivity index is 1.92. The third-order valence-corrected chi connectivity index (χ3v) is 3.89. The summed E-state index contributed by atoms with van der Waals surface area (Å²) in [5.74, 6) is 0.288. The molecule has 2 fully saturated rings. The zero-order valence-corrected chi connectivity index (χ0v) is 9.74. The lowest BCUT2D eigenvalue weighted by atomic mass is 10.0. The summed E-state index contributed by atoms with van der Waals surface area (Å²) >= 11 is 0. The van der Waals surface area contributed by atoms with Gasteiger partial charge in [0.15, 0.2) is 5.79 Å². The van der Waals surface area contributed by atoms with Gasteiger partial charge in [0.25, 0.3) is 0 Å². The monoisotopic (exact) mass is 214 g/mol. The minimum Gasteiger partial charge on any atom is -0.396 e. The quantitative estimate of drug-likeness (QED) is 0.778. The second kappa shape index (κ2) is 4.40. The van der Waals surface area contributed by atoms with Crippen LogP contribution in [0, 0.1) is 5.92 Å². The third kappa shape index (κ3) is 2.05. The van der Waals surface area contributed by atoms with E-state index in [-0.39, 0.29) is 24.6 Å². The summed E-state index contributed by atoms with van der Waals surface area (Å²) < 4.78 is 12.1. The number of rotatable bonds is 4. The van der Waals surface area contributed by atoms with Crippen LogP contribution in [-0.4, -0.2) is 29.7 Å². The first-order valence-corrected chi connectivity index (χ1v) is 6.19. The van der Waals surface area contributed by atoms with Crippen LogP contribution < -0.4 is 0 Å². The normalized spacial score (nSPS) is 38.2. The van der Waals surface area contributed by atoms with Crippen LogP contribution in [0.3, 0.4) is 0 Å². The summed E-state index contributed by atoms with van der Waals surface area (Å²) in [6.07, 6.45) is 5.44. The predicted molar refractivity (Wildman–Crippen MR) is 57.5 cm³/mol. The maximum Gasteiger partial charge on any atom is 0.168 e. The number of hydrogen-bond donors (Lipinski definition) is 1. The molecule has 0 spiro atoms. The van der Waals surface area contributed by atoms with Crippen LogP contribution >= 0.6 is 0 Å². The van der Waals surface area contributed by atoms with Crippen LogP contribution in [-0.2, 0) is 9.47 Å². The first-order valence-electron chi connectivity index (χ1n) is 6.19. The SMILES string of the molecule is CCC1(CC)O[C@H]2CC(CCO)C[C@H]2O1. The van der Waals surface area contributed by atoms with Gasteiger partial charge in [-0.3, -0.25) is 0 Å². The molecule has 1 N–H and O–H groups in total. The van der Waals surface area contributed by atoms with E-state index < -0.39 is 0 Å². The molecule has 1 saturated heterocycles. The first-order chi connectivity index (χ1) is 7.23. The highest BCUT2D eigenvalue weighted by Crippen LogP contribution is 2.44. The Labute approximate surface area is 91.8 Å². The zero-order valence-electron chi connectivity index (χ0n) is 9.74. The molecule has 1 saturated carbocycles. The van der Waals surface area contributed by atoms with E-state index in [0.29, 0.717) is 5.92 Å². The topological polar surface area (TPSA) is 38.7 Å². The average Bonchev–Trinajstić information content (AvgIpc) is 2.73. The summed E-state index contributed by atoms with van der Waals surface area (Å²) in [4.78, 5) is 0. The Hall–Kier alpha value is -0.120. The highest BCUT2D eigenvalue weighted by atomic mass is 16.8. The number of fused-ring (bicyclic) bond motifs is 1. The Morgan fingerprint density at radius 1 is 1.13 bits per heavy atom. The highest BCUT2D eigenvalue weighted by molar-refractivity contribution is 4.92. The van der Waals surface area contributed by atoms with Crippen LogP contribution in [0.4, 0.5) is 0 Å². The standard InChI is InChI=1S/C12H22O3/c1-3-12(4-2)14-10-7-9(5-6-13)8-11(10)15-12/h9-11,13H,3-8H2,1-2H3/t9?,10-,11+. The van der Waals surface area contributed by atoms with Crippen molar-refractivity contribution < 1.29 is 14.6 Å². The molecule has 2 aliphatic rings.